The van der Waals surface area contributed by atoms with Crippen molar-refractivity contribution in [3.8, 4) is 5.75 Å². The Morgan fingerprint density at radius 3 is 2.52 bits per heavy atom. The molecule has 156 valence electrons. The van der Waals surface area contributed by atoms with Crippen LogP contribution in [0.4, 0.5) is 0 Å². The quantitative estimate of drug-likeness (QED) is 0.703. The number of para-hydroxylation sites is 1. The Hall–Kier alpha value is -1.85. The maximum Gasteiger partial charge on any atom is 0.219 e. The van der Waals surface area contributed by atoms with Gasteiger partial charge in [-0.2, -0.15) is 0 Å². The Bertz CT molecular complexity index is 798. The van der Waals surface area contributed by atoms with Crippen molar-refractivity contribution in [2.45, 2.75) is 33.2 Å². The highest BCUT2D eigenvalue weighted by Gasteiger charge is 2.39. The molecule has 0 radical (unpaired) electrons. The maximum absolute atomic E-state index is 11.7. The van der Waals surface area contributed by atoms with Gasteiger partial charge in [0.15, 0.2) is 0 Å². The Morgan fingerprint density at radius 1 is 1.10 bits per heavy atom. The minimum atomic E-state index is 0.216. The summed E-state index contributed by atoms with van der Waals surface area (Å²) in [6, 6.07) is 14.7. The Labute approximate surface area is 178 Å². The van der Waals surface area contributed by atoms with Crippen LogP contribution in [0.25, 0.3) is 0 Å². The molecule has 0 bridgehead atoms. The fourth-order valence-electron chi connectivity index (χ4n) is 4.98. The molecule has 1 amide bonds. The van der Waals surface area contributed by atoms with Gasteiger partial charge in [-0.25, -0.2) is 0 Å². The smallest absolute Gasteiger partial charge is 0.219 e. The Kier molecular flexibility index (Phi) is 6.56. The van der Waals surface area contributed by atoms with Crippen LogP contribution in [0.5, 0.6) is 5.75 Å². The molecule has 2 atom stereocenters. The number of piperidine rings is 1. The number of aryl methyl sites for hydroxylation is 1. The molecule has 2 aliphatic rings. The highest BCUT2D eigenvalue weighted by atomic mass is 32.1. The van der Waals surface area contributed by atoms with Crippen molar-refractivity contribution in [1.82, 2.24) is 9.80 Å². The van der Waals surface area contributed by atoms with Gasteiger partial charge in [0, 0.05) is 55.3 Å². The third-order valence-electron chi connectivity index (χ3n) is 6.54. The number of nitrogens with zero attached hydrogens (tertiary/aromatic N) is 2. The van der Waals surface area contributed by atoms with Crippen molar-refractivity contribution >= 4 is 17.2 Å². The summed E-state index contributed by atoms with van der Waals surface area (Å²) in [5.74, 6) is 3.06. The molecule has 2 aromatic rings. The number of hydrogen-bond acceptors (Lipinski definition) is 4. The predicted octanol–water partition coefficient (Wildman–Crippen LogP) is 4.44. The van der Waals surface area contributed by atoms with Crippen molar-refractivity contribution in [3.63, 3.8) is 0 Å². The van der Waals surface area contributed by atoms with E-state index >= 15 is 0 Å². The summed E-state index contributed by atoms with van der Waals surface area (Å²) < 4.78 is 6.18. The Balaban J connectivity index is 1.41. The number of amides is 1. The zero-order chi connectivity index (χ0) is 20.2. The van der Waals surface area contributed by atoms with Crippen LogP contribution in [0.3, 0.4) is 0 Å². The standard InChI is InChI=1S/C24H32N2O2S/c1-18-8-9-23(29-18)15-25-14-21(17-28-22-6-4-3-5-7-22)24(16-25)20-10-12-26(13-11-20)19(2)27/h3-9,20-21,24H,10-17H2,1-2H3/t21-,24-/m0/s1. The summed E-state index contributed by atoms with van der Waals surface area (Å²) in [4.78, 5) is 19.2. The van der Waals surface area contributed by atoms with Gasteiger partial charge in [-0.3, -0.25) is 9.69 Å². The molecular formula is C24H32N2O2S. The minimum absolute atomic E-state index is 0.216. The van der Waals surface area contributed by atoms with Crippen LogP contribution in [0.15, 0.2) is 42.5 Å². The van der Waals surface area contributed by atoms with Crippen LogP contribution in [-0.4, -0.2) is 48.5 Å². The second-order valence-electron chi connectivity index (χ2n) is 8.60. The zero-order valence-corrected chi connectivity index (χ0v) is 18.4. The second kappa shape index (κ2) is 9.31. The molecular weight excluding hydrogens is 380 g/mol. The van der Waals surface area contributed by atoms with E-state index in [2.05, 4.69) is 24.0 Å². The van der Waals surface area contributed by atoms with Crippen LogP contribution in [0.1, 0.15) is 29.5 Å². The molecule has 0 spiro atoms. The fraction of sp³-hybridized carbons (Fsp3) is 0.542. The second-order valence-corrected chi connectivity index (χ2v) is 9.97. The lowest BCUT2D eigenvalue weighted by Gasteiger charge is -2.36. The summed E-state index contributed by atoms with van der Waals surface area (Å²) in [6.07, 6.45) is 2.25. The molecule has 29 heavy (non-hydrogen) atoms. The van der Waals surface area contributed by atoms with Gasteiger partial charge >= 0.3 is 0 Å². The van der Waals surface area contributed by atoms with Crippen molar-refractivity contribution < 1.29 is 9.53 Å². The van der Waals surface area contributed by atoms with Crippen molar-refractivity contribution in [2.75, 3.05) is 32.8 Å². The summed E-state index contributed by atoms with van der Waals surface area (Å²) in [5.41, 5.74) is 0. The summed E-state index contributed by atoms with van der Waals surface area (Å²) >= 11 is 1.91. The van der Waals surface area contributed by atoms with E-state index in [1.54, 1.807) is 6.92 Å². The van der Waals surface area contributed by atoms with Gasteiger partial charge in [0.05, 0.1) is 6.61 Å². The number of carbonyl (C=O) groups is 1. The van der Waals surface area contributed by atoms with Gasteiger partial charge in [0.1, 0.15) is 5.75 Å². The van der Waals surface area contributed by atoms with Crippen molar-refractivity contribution in [3.05, 3.63) is 52.2 Å². The van der Waals surface area contributed by atoms with E-state index in [1.165, 1.54) is 9.75 Å². The molecule has 0 N–H and O–H groups in total. The predicted molar refractivity (Wildman–Crippen MR) is 118 cm³/mol. The number of rotatable bonds is 6. The van der Waals surface area contributed by atoms with E-state index in [0.29, 0.717) is 17.8 Å². The van der Waals surface area contributed by atoms with Crippen LogP contribution >= 0.6 is 11.3 Å². The van der Waals surface area contributed by atoms with Gasteiger partial charge in [-0.05, 0) is 55.9 Å². The highest BCUT2D eigenvalue weighted by molar-refractivity contribution is 7.11. The number of carbonyl (C=O) groups excluding carboxylic acids is 1. The SMILES string of the molecule is CC(=O)N1CCC([C@@H]2CN(Cc3ccc(C)s3)C[C@H]2COc2ccccc2)CC1. The Morgan fingerprint density at radius 2 is 1.86 bits per heavy atom. The highest BCUT2D eigenvalue weighted by Crippen LogP contribution is 2.37. The molecule has 2 fully saturated rings. The molecule has 5 heteroatoms. The van der Waals surface area contributed by atoms with E-state index in [1.807, 2.05) is 46.6 Å². The minimum Gasteiger partial charge on any atom is -0.493 e. The monoisotopic (exact) mass is 412 g/mol. The number of likely N-dealkylation sites (tertiary alicyclic amines) is 2. The van der Waals surface area contributed by atoms with Crippen molar-refractivity contribution in [1.29, 1.82) is 0 Å². The summed E-state index contributed by atoms with van der Waals surface area (Å²) in [5, 5.41) is 0. The first kappa shape index (κ1) is 20.4. The molecule has 2 saturated heterocycles. The molecule has 0 unspecified atom stereocenters. The molecule has 3 heterocycles. The van der Waals surface area contributed by atoms with E-state index in [9.17, 15) is 4.79 Å². The molecule has 0 saturated carbocycles. The maximum atomic E-state index is 11.7. The lowest BCUT2D eigenvalue weighted by atomic mass is 9.78. The number of ether oxygens (including phenoxy) is 1. The van der Waals surface area contributed by atoms with Crippen molar-refractivity contribution in [2.24, 2.45) is 17.8 Å². The average molecular weight is 413 g/mol. The van der Waals surface area contributed by atoms with E-state index in [-0.39, 0.29) is 5.91 Å². The molecule has 4 nitrogen and oxygen atoms in total. The van der Waals surface area contributed by atoms with E-state index in [0.717, 1.165) is 57.9 Å². The third-order valence-corrected chi connectivity index (χ3v) is 7.53. The topological polar surface area (TPSA) is 32.8 Å². The first-order chi connectivity index (χ1) is 14.1. The molecule has 2 aliphatic heterocycles. The normalized spacial score (nSPS) is 23.4. The van der Waals surface area contributed by atoms with Crippen LogP contribution in [0.2, 0.25) is 0 Å². The lowest BCUT2D eigenvalue weighted by Crippen LogP contribution is -2.40. The molecule has 1 aromatic carbocycles. The first-order valence-corrected chi connectivity index (χ1v) is 11.6. The van der Waals surface area contributed by atoms with Gasteiger partial charge in [0.2, 0.25) is 5.91 Å². The lowest BCUT2D eigenvalue weighted by molar-refractivity contribution is -0.130. The first-order valence-electron chi connectivity index (χ1n) is 10.8. The molecule has 0 aliphatic carbocycles. The van der Waals surface area contributed by atoms with Crippen LogP contribution < -0.4 is 4.74 Å². The van der Waals surface area contributed by atoms with Gasteiger partial charge in [-0.1, -0.05) is 18.2 Å². The number of benzene rings is 1. The van der Waals surface area contributed by atoms with Gasteiger partial charge in [0.25, 0.3) is 0 Å². The number of thiophene rings is 1. The molecule has 1 aromatic heterocycles. The summed E-state index contributed by atoms with van der Waals surface area (Å²) in [7, 11) is 0. The van der Waals surface area contributed by atoms with Gasteiger partial charge in [-0.15, -0.1) is 11.3 Å². The zero-order valence-electron chi connectivity index (χ0n) is 17.5. The average Bonchev–Trinajstić information content (AvgIpc) is 3.33. The summed E-state index contributed by atoms with van der Waals surface area (Å²) in [6.45, 7) is 9.76. The number of hydrogen-bond donors (Lipinski definition) is 0. The van der Waals surface area contributed by atoms with E-state index in [4.69, 9.17) is 4.74 Å². The van der Waals surface area contributed by atoms with E-state index < -0.39 is 0 Å². The van der Waals surface area contributed by atoms with Gasteiger partial charge < -0.3 is 9.64 Å². The molecule has 4 rings (SSSR count). The fourth-order valence-corrected chi connectivity index (χ4v) is 5.91. The third kappa shape index (κ3) is 5.20. The van der Waals surface area contributed by atoms with Crippen LogP contribution in [0, 0.1) is 24.7 Å². The largest absolute Gasteiger partial charge is 0.493 e. The van der Waals surface area contributed by atoms with Crippen LogP contribution in [-0.2, 0) is 11.3 Å².